The Bertz CT molecular complexity index is 931. The summed E-state index contributed by atoms with van der Waals surface area (Å²) in [5.41, 5.74) is 7.22. The summed E-state index contributed by atoms with van der Waals surface area (Å²) < 4.78 is 7.28. The smallest absolute Gasteiger partial charge is 0.191 e. The van der Waals surface area contributed by atoms with Crippen LogP contribution in [-0.2, 0) is 6.54 Å². The summed E-state index contributed by atoms with van der Waals surface area (Å²) in [5, 5.41) is 7.74. The lowest BCUT2D eigenvalue weighted by Gasteiger charge is -2.09. The zero-order chi connectivity index (χ0) is 19.1. The molecule has 3 aromatic rings. The molecule has 1 aromatic heterocycles. The van der Waals surface area contributed by atoms with Gasteiger partial charge in [0.15, 0.2) is 5.11 Å². The standard InChI is InChI=1S/C21H22N4OS/c1-16-5-3-6-17(13-16)15-25-12-4-7-19(25)14-22-24-21(27)23-18-8-10-20(26-2)11-9-18/h3-14H,15H2,1-2H3,(H2,23,24,27). The third-order valence-electron chi connectivity index (χ3n) is 4.01. The summed E-state index contributed by atoms with van der Waals surface area (Å²) in [7, 11) is 1.64. The largest absolute Gasteiger partial charge is 0.497 e. The van der Waals surface area contributed by atoms with Crippen LogP contribution in [-0.4, -0.2) is 23.0 Å². The first-order valence-electron chi connectivity index (χ1n) is 8.59. The van der Waals surface area contributed by atoms with Crippen molar-refractivity contribution in [2.45, 2.75) is 13.5 Å². The van der Waals surface area contributed by atoms with Gasteiger partial charge in [0.2, 0.25) is 0 Å². The van der Waals surface area contributed by atoms with E-state index in [2.05, 4.69) is 51.6 Å². The molecule has 2 aromatic carbocycles. The highest BCUT2D eigenvalue weighted by Gasteiger charge is 2.01. The molecule has 0 aliphatic carbocycles. The molecule has 0 aliphatic heterocycles. The summed E-state index contributed by atoms with van der Waals surface area (Å²) in [6.45, 7) is 2.90. The van der Waals surface area contributed by atoms with Gasteiger partial charge in [-0.3, -0.25) is 5.43 Å². The number of hydrogen-bond donors (Lipinski definition) is 2. The van der Waals surface area contributed by atoms with Gasteiger partial charge in [0.25, 0.3) is 0 Å². The molecule has 27 heavy (non-hydrogen) atoms. The summed E-state index contributed by atoms with van der Waals surface area (Å²) in [5.74, 6) is 0.798. The van der Waals surface area contributed by atoms with Crippen molar-refractivity contribution in [1.29, 1.82) is 0 Å². The maximum atomic E-state index is 5.27. The zero-order valence-corrected chi connectivity index (χ0v) is 16.2. The molecule has 138 valence electrons. The maximum absolute atomic E-state index is 5.27. The van der Waals surface area contributed by atoms with Crippen LogP contribution in [0.25, 0.3) is 0 Å². The molecule has 0 saturated carbocycles. The number of aryl methyl sites for hydroxylation is 1. The van der Waals surface area contributed by atoms with Crippen molar-refractivity contribution in [2.24, 2.45) is 5.10 Å². The van der Waals surface area contributed by atoms with Crippen molar-refractivity contribution in [2.75, 3.05) is 12.4 Å². The monoisotopic (exact) mass is 378 g/mol. The average molecular weight is 379 g/mol. The molecule has 0 bridgehead atoms. The van der Waals surface area contributed by atoms with Gasteiger partial charge in [-0.1, -0.05) is 29.8 Å². The normalized spacial score (nSPS) is 10.7. The summed E-state index contributed by atoms with van der Waals surface area (Å²) >= 11 is 5.27. The topological polar surface area (TPSA) is 50.6 Å². The summed E-state index contributed by atoms with van der Waals surface area (Å²) in [4.78, 5) is 0. The Hall–Kier alpha value is -3.12. The van der Waals surface area contributed by atoms with Crippen LogP contribution < -0.4 is 15.5 Å². The Balaban J connectivity index is 1.56. The fourth-order valence-corrected chi connectivity index (χ4v) is 2.86. The van der Waals surface area contributed by atoms with E-state index >= 15 is 0 Å². The molecule has 0 fully saturated rings. The quantitative estimate of drug-likeness (QED) is 0.384. The van der Waals surface area contributed by atoms with Gasteiger partial charge in [-0.2, -0.15) is 5.10 Å². The van der Waals surface area contributed by atoms with Crippen LogP contribution in [0.3, 0.4) is 0 Å². The fourth-order valence-electron chi connectivity index (χ4n) is 2.69. The van der Waals surface area contributed by atoms with E-state index in [0.717, 1.165) is 23.7 Å². The van der Waals surface area contributed by atoms with Crippen molar-refractivity contribution < 1.29 is 4.74 Å². The lowest BCUT2D eigenvalue weighted by atomic mass is 10.1. The maximum Gasteiger partial charge on any atom is 0.191 e. The molecule has 0 spiro atoms. The zero-order valence-electron chi connectivity index (χ0n) is 15.3. The average Bonchev–Trinajstić information content (AvgIpc) is 3.09. The van der Waals surface area contributed by atoms with E-state index in [9.17, 15) is 0 Å². The second kappa shape index (κ2) is 9.00. The van der Waals surface area contributed by atoms with Crippen LogP contribution in [0.1, 0.15) is 16.8 Å². The molecule has 0 unspecified atom stereocenters. The van der Waals surface area contributed by atoms with Gasteiger partial charge < -0.3 is 14.6 Å². The molecular weight excluding hydrogens is 356 g/mol. The van der Waals surface area contributed by atoms with Gasteiger partial charge in [0, 0.05) is 18.4 Å². The van der Waals surface area contributed by atoms with Gasteiger partial charge >= 0.3 is 0 Å². The lowest BCUT2D eigenvalue weighted by Crippen LogP contribution is -2.24. The van der Waals surface area contributed by atoms with E-state index in [0.29, 0.717) is 5.11 Å². The third-order valence-corrected chi connectivity index (χ3v) is 4.20. The van der Waals surface area contributed by atoms with Gasteiger partial charge in [0.1, 0.15) is 5.75 Å². The predicted octanol–water partition coefficient (Wildman–Crippen LogP) is 4.17. The number of hydrogen-bond acceptors (Lipinski definition) is 3. The van der Waals surface area contributed by atoms with Crippen molar-refractivity contribution in [1.82, 2.24) is 9.99 Å². The van der Waals surface area contributed by atoms with E-state index < -0.39 is 0 Å². The van der Waals surface area contributed by atoms with Crippen LogP contribution in [0.5, 0.6) is 5.75 Å². The Labute approximate surface area is 164 Å². The second-order valence-corrected chi connectivity index (χ2v) is 6.51. The number of methoxy groups -OCH3 is 1. The molecule has 0 saturated heterocycles. The number of rotatable bonds is 6. The first kappa shape index (κ1) is 18.7. The number of nitrogens with zero attached hydrogens (tertiary/aromatic N) is 2. The van der Waals surface area contributed by atoms with E-state index in [1.165, 1.54) is 11.1 Å². The van der Waals surface area contributed by atoms with Crippen molar-refractivity contribution >= 4 is 29.2 Å². The Morgan fingerprint density at radius 3 is 2.70 bits per heavy atom. The number of nitrogens with one attached hydrogen (secondary N) is 2. The highest BCUT2D eigenvalue weighted by Crippen LogP contribution is 2.14. The second-order valence-electron chi connectivity index (χ2n) is 6.10. The minimum atomic E-state index is 0.424. The van der Waals surface area contributed by atoms with E-state index in [1.54, 1.807) is 13.3 Å². The number of ether oxygens (including phenoxy) is 1. The molecule has 3 rings (SSSR count). The molecule has 0 atom stereocenters. The molecule has 0 aliphatic rings. The van der Waals surface area contributed by atoms with E-state index in [1.807, 2.05) is 42.6 Å². The number of hydrazone groups is 1. The van der Waals surface area contributed by atoms with Crippen LogP contribution in [0.15, 0.2) is 72.0 Å². The van der Waals surface area contributed by atoms with Gasteiger partial charge in [-0.25, -0.2) is 0 Å². The molecule has 2 N–H and O–H groups in total. The lowest BCUT2D eigenvalue weighted by molar-refractivity contribution is 0.415. The number of thiocarbonyl (C=S) groups is 1. The number of anilines is 1. The third kappa shape index (κ3) is 5.43. The summed E-state index contributed by atoms with van der Waals surface area (Å²) in [6, 6.07) is 20.0. The highest BCUT2D eigenvalue weighted by atomic mass is 32.1. The predicted molar refractivity (Wildman–Crippen MR) is 115 cm³/mol. The van der Waals surface area contributed by atoms with E-state index in [-0.39, 0.29) is 0 Å². The van der Waals surface area contributed by atoms with E-state index in [4.69, 9.17) is 17.0 Å². The number of aromatic nitrogens is 1. The van der Waals surface area contributed by atoms with Crippen molar-refractivity contribution in [3.63, 3.8) is 0 Å². The van der Waals surface area contributed by atoms with Gasteiger partial charge in [-0.15, -0.1) is 0 Å². The molecule has 0 radical (unpaired) electrons. The Kier molecular flexibility index (Phi) is 6.22. The minimum absolute atomic E-state index is 0.424. The van der Waals surface area contributed by atoms with Gasteiger partial charge in [-0.05, 0) is 61.1 Å². The molecular formula is C21H22N4OS. The van der Waals surface area contributed by atoms with Gasteiger partial charge in [0.05, 0.1) is 19.0 Å². The van der Waals surface area contributed by atoms with Crippen LogP contribution in [0.4, 0.5) is 5.69 Å². The fraction of sp³-hybridized carbons (Fsp3) is 0.143. The molecule has 0 amide bonds. The first-order chi connectivity index (χ1) is 13.1. The first-order valence-corrected chi connectivity index (χ1v) is 8.99. The van der Waals surface area contributed by atoms with Crippen molar-refractivity contribution in [3.8, 4) is 5.75 Å². The highest BCUT2D eigenvalue weighted by molar-refractivity contribution is 7.80. The van der Waals surface area contributed by atoms with Crippen LogP contribution in [0.2, 0.25) is 0 Å². The Morgan fingerprint density at radius 2 is 1.96 bits per heavy atom. The molecule has 1 heterocycles. The number of benzene rings is 2. The molecule has 6 heteroatoms. The van der Waals surface area contributed by atoms with Crippen molar-refractivity contribution in [3.05, 3.63) is 83.7 Å². The molecule has 5 nitrogen and oxygen atoms in total. The Morgan fingerprint density at radius 1 is 1.15 bits per heavy atom. The van der Waals surface area contributed by atoms with Crippen LogP contribution in [0, 0.1) is 6.92 Å². The summed E-state index contributed by atoms with van der Waals surface area (Å²) in [6.07, 6.45) is 3.80. The minimum Gasteiger partial charge on any atom is -0.497 e. The van der Waals surface area contributed by atoms with Crippen LogP contribution >= 0.6 is 12.2 Å². The SMILES string of the molecule is COc1ccc(NC(=S)NN=Cc2cccn2Cc2cccc(C)c2)cc1.